The molecule has 1 amide bonds. The summed E-state index contributed by atoms with van der Waals surface area (Å²) in [5, 5.41) is 0. The highest BCUT2D eigenvalue weighted by molar-refractivity contribution is 5.71. The van der Waals surface area contributed by atoms with Crippen LogP contribution in [-0.2, 0) is 23.7 Å². The molecule has 0 radical (unpaired) electrons. The van der Waals surface area contributed by atoms with Crippen molar-refractivity contribution in [2.24, 2.45) is 5.92 Å². The van der Waals surface area contributed by atoms with Crippen LogP contribution in [0.3, 0.4) is 0 Å². The lowest BCUT2D eigenvalue weighted by molar-refractivity contribution is -0.163. The van der Waals surface area contributed by atoms with Gasteiger partial charge in [-0.15, -0.1) is 0 Å². The average Bonchev–Trinajstić information content (AvgIpc) is 2.80. The summed E-state index contributed by atoms with van der Waals surface area (Å²) in [6.07, 6.45) is 8.85. The number of piperidine rings is 2. The van der Waals surface area contributed by atoms with E-state index in [2.05, 4.69) is 4.90 Å². The molecule has 0 N–H and O–H groups in total. The molecule has 0 aromatic heterocycles. The lowest BCUT2D eigenvalue weighted by Gasteiger charge is -2.41. The van der Waals surface area contributed by atoms with E-state index in [0.29, 0.717) is 18.1 Å². The highest BCUT2D eigenvalue weighted by atomic mass is 16.6. The standard InChI is InChI=1S/C28H50N2O6/c1-27(2,3)35-25(31)20-34-24-13-17-29(18-14-24)22-7-9-23(10-8-22)33-19-21-11-15-30(16-12-21)26(32)36-28(4,5)6/h21-24H,7-20H2,1-6H3. The monoisotopic (exact) mass is 510 g/mol. The van der Waals surface area contributed by atoms with Crippen LogP contribution in [0.5, 0.6) is 0 Å². The maximum absolute atomic E-state index is 12.3. The Labute approximate surface area is 218 Å². The minimum Gasteiger partial charge on any atom is -0.458 e. The molecule has 2 aliphatic heterocycles. The van der Waals surface area contributed by atoms with E-state index >= 15 is 0 Å². The highest BCUT2D eigenvalue weighted by Gasteiger charge is 2.31. The van der Waals surface area contributed by atoms with Crippen molar-refractivity contribution in [1.29, 1.82) is 0 Å². The quantitative estimate of drug-likeness (QED) is 0.456. The number of rotatable bonds is 7. The third-order valence-electron chi connectivity index (χ3n) is 7.33. The van der Waals surface area contributed by atoms with Gasteiger partial charge < -0.3 is 28.7 Å². The van der Waals surface area contributed by atoms with Crippen LogP contribution in [0.15, 0.2) is 0 Å². The molecule has 8 heteroatoms. The number of ether oxygens (including phenoxy) is 4. The molecular weight excluding hydrogens is 460 g/mol. The molecular formula is C28H50N2O6. The van der Waals surface area contributed by atoms with Gasteiger partial charge in [-0.05, 0) is 98.8 Å². The Morgan fingerprint density at radius 2 is 1.25 bits per heavy atom. The Bertz CT molecular complexity index is 692. The number of esters is 1. The van der Waals surface area contributed by atoms with Gasteiger partial charge in [-0.3, -0.25) is 0 Å². The van der Waals surface area contributed by atoms with Gasteiger partial charge in [0.15, 0.2) is 0 Å². The van der Waals surface area contributed by atoms with Crippen molar-refractivity contribution in [1.82, 2.24) is 9.80 Å². The molecule has 0 atom stereocenters. The molecule has 0 aromatic carbocycles. The van der Waals surface area contributed by atoms with Gasteiger partial charge in [0.1, 0.15) is 17.8 Å². The van der Waals surface area contributed by atoms with Crippen LogP contribution >= 0.6 is 0 Å². The second kappa shape index (κ2) is 12.9. The van der Waals surface area contributed by atoms with E-state index in [1.807, 2.05) is 46.4 Å². The Kier molecular flexibility index (Phi) is 10.5. The summed E-state index contributed by atoms with van der Waals surface area (Å²) in [7, 11) is 0. The van der Waals surface area contributed by atoms with Crippen LogP contribution in [-0.4, -0.2) is 90.7 Å². The SMILES string of the molecule is CC(C)(C)OC(=O)COC1CCN(C2CCC(OCC3CCN(C(=O)OC(C)(C)C)CC3)CC2)CC1. The Morgan fingerprint density at radius 3 is 1.81 bits per heavy atom. The zero-order chi connectivity index (χ0) is 26.3. The Balaban J connectivity index is 1.26. The van der Waals surface area contributed by atoms with Gasteiger partial charge in [-0.25, -0.2) is 9.59 Å². The van der Waals surface area contributed by atoms with Crippen molar-refractivity contribution in [3.63, 3.8) is 0 Å². The lowest BCUT2D eigenvalue weighted by atomic mass is 9.90. The first-order valence-electron chi connectivity index (χ1n) is 14.0. The molecule has 2 saturated heterocycles. The average molecular weight is 511 g/mol. The van der Waals surface area contributed by atoms with Gasteiger partial charge in [-0.2, -0.15) is 0 Å². The molecule has 1 saturated carbocycles. The minimum absolute atomic E-state index is 0.0460. The fraction of sp³-hybridized carbons (Fsp3) is 0.929. The molecule has 36 heavy (non-hydrogen) atoms. The molecule has 0 aromatic rings. The van der Waals surface area contributed by atoms with Crippen molar-refractivity contribution in [2.75, 3.05) is 39.4 Å². The van der Waals surface area contributed by atoms with Gasteiger partial charge in [-0.1, -0.05) is 0 Å². The Hall–Kier alpha value is -1.38. The van der Waals surface area contributed by atoms with Gasteiger partial charge in [0.05, 0.1) is 12.2 Å². The van der Waals surface area contributed by atoms with Crippen LogP contribution < -0.4 is 0 Å². The van der Waals surface area contributed by atoms with Gasteiger partial charge in [0, 0.05) is 38.8 Å². The summed E-state index contributed by atoms with van der Waals surface area (Å²) in [6.45, 7) is 15.8. The van der Waals surface area contributed by atoms with E-state index in [9.17, 15) is 9.59 Å². The zero-order valence-electron chi connectivity index (χ0n) is 23.6. The molecule has 2 heterocycles. The van der Waals surface area contributed by atoms with E-state index < -0.39 is 11.2 Å². The first-order chi connectivity index (χ1) is 16.9. The summed E-state index contributed by atoms with van der Waals surface area (Å²) in [5.74, 6) is 0.248. The second-order valence-electron chi connectivity index (χ2n) is 12.8. The van der Waals surface area contributed by atoms with Crippen LogP contribution in [0.1, 0.15) is 92.9 Å². The summed E-state index contributed by atoms with van der Waals surface area (Å²) in [4.78, 5) is 28.6. The summed E-state index contributed by atoms with van der Waals surface area (Å²) >= 11 is 0. The predicted octanol–water partition coefficient (Wildman–Crippen LogP) is 4.78. The third-order valence-corrected chi connectivity index (χ3v) is 7.33. The third kappa shape index (κ3) is 10.2. The number of carbonyl (C=O) groups excluding carboxylic acids is 2. The first kappa shape index (κ1) is 29.2. The van der Waals surface area contributed by atoms with E-state index in [4.69, 9.17) is 18.9 Å². The smallest absolute Gasteiger partial charge is 0.410 e. The van der Waals surface area contributed by atoms with Crippen molar-refractivity contribution in [3.8, 4) is 0 Å². The number of hydrogen-bond donors (Lipinski definition) is 0. The van der Waals surface area contributed by atoms with E-state index in [1.165, 1.54) is 12.8 Å². The molecule has 3 rings (SSSR count). The second-order valence-corrected chi connectivity index (χ2v) is 12.8. The Morgan fingerprint density at radius 1 is 0.694 bits per heavy atom. The largest absolute Gasteiger partial charge is 0.458 e. The van der Waals surface area contributed by atoms with Gasteiger partial charge >= 0.3 is 12.1 Å². The maximum atomic E-state index is 12.3. The predicted molar refractivity (Wildman–Crippen MR) is 139 cm³/mol. The van der Waals surface area contributed by atoms with E-state index in [0.717, 1.165) is 71.3 Å². The fourth-order valence-electron chi connectivity index (χ4n) is 5.42. The van der Waals surface area contributed by atoms with Crippen LogP contribution in [0.25, 0.3) is 0 Å². The van der Waals surface area contributed by atoms with E-state index in [-0.39, 0.29) is 24.8 Å². The molecule has 0 bridgehead atoms. The van der Waals surface area contributed by atoms with Crippen molar-refractivity contribution >= 4 is 12.1 Å². The first-order valence-corrected chi connectivity index (χ1v) is 14.0. The van der Waals surface area contributed by atoms with Crippen LogP contribution in [0, 0.1) is 5.92 Å². The van der Waals surface area contributed by atoms with E-state index in [1.54, 1.807) is 0 Å². The fourth-order valence-corrected chi connectivity index (χ4v) is 5.42. The topological polar surface area (TPSA) is 77.5 Å². The van der Waals surface area contributed by atoms with Gasteiger partial charge in [0.2, 0.25) is 0 Å². The van der Waals surface area contributed by atoms with Crippen LogP contribution in [0.4, 0.5) is 4.79 Å². The molecule has 8 nitrogen and oxygen atoms in total. The highest BCUT2D eigenvalue weighted by Crippen LogP contribution is 2.29. The molecule has 3 fully saturated rings. The number of carbonyl (C=O) groups is 2. The molecule has 1 aliphatic carbocycles. The number of nitrogens with zero attached hydrogens (tertiary/aromatic N) is 2. The molecule has 0 unspecified atom stereocenters. The summed E-state index contributed by atoms with van der Waals surface area (Å²) < 4.78 is 23.0. The van der Waals surface area contributed by atoms with Crippen molar-refractivity contribution < 1.29 is 28.5 Å². The summed E-state index contributed by atoms with van der Waals surface area (Å²) in [5.41, 5.74) is -0.910. The maximum Gasteiger partial charge on any atom is 0.410 e. The normalized spacial score (nSPS) is 25.6. The van der Waals surface area contributed by atoms with Gasteiger partial charge in [0.25, 0.3) is 0 Å². The number of likely N-dealkylation sites (tertiary alicyclic amines) is 2. The molecule has 3 aliphatic rings. The molecule has 0 spiro atoms. The van der Waals surface area contributed by atoms with Crippen molar-refractivity contribution in [2.45, 2.75) is 122 Å². The molecule has 208 valence electrons. The minimum atomic E-state index is -0.467. The number of amides is 1. The summed E-state index contributed by atoms with van der Waals surface area (Å²) in [6, 6.07) is 0.633. The van der Waals surface area contributed by atoms with Crippen molar-refractivity contribution in [3.05, 3.63) is 0 Å². The zero-order valence-corrected chi connectivity index (χ0v) is 23.6. The lowest BCUT2D eigenvalue weighted by Crippen LogP contribution is -2.46. The van der Waals surface area contributed by atoms with Crippen LogP contribution in [0.2, 0.25) is 0 Å². The number of hydrogen-bond acceptors (Lipinski definition) is 7.